The largest absolute Gasteiger partial charge is 0.460 e. The van der Waals surface area contributed by atoms with Gasteiger partial charge in [-0.05, 0) is 108 Å². The van der Waals surface area contributed by atoms with E-state index in [0.29, 0.717) is 38.9 Å². The zero-order valence-electron chi connectivity index (χ0n) is 29.3. The van der Waals surface area contributed by atoms with Crippen LogP contribution in [0.3, 0.4) is 0 Å². The van der Waals surface area contributed by atoms with Gasteiger partial charge in [-0.2, -0.15) is 0 Å². The SMILES string of the molecule is CC(C)(C)OCCC(C)(C)OC(=O)CCCCCCC/C=C/CCCCCCCC(=O)OC(C)(C)CCOC(C)(C)C. The highest BCUT2D eigenvalue weighted by Gasteiger charge is 2.25. The van der Waals surface area contributed by atoms with Crippen LogP contribution in [0.25, 0.3) is 0 Å². The maximum atomic E-state index is 12.2. The Labute approximate surface area is 260 Å². The first-order valence-electron chi connectivity index (χ1n) is 16.8. The molecule has 0 unspecified atom stereocenters. The van der Waals surface area contributed by atoms with Crippen LogP contribution in [0.4, 0.5) is 0 Å². The van der Waals surface area contributed by atoms with Crippen LogP contribution in [0.5, 0.6) is 0 Å². The normalized spacial score (nSPS) is 13.1. The zero-order valence-corrected chi connectivity index (χ0v) is 29.3. The van der Waals surface area contributed by atoms with Crippen molar-refractivity contribution in [3.8, 4) is 0 Å². The van der Waals surface area contributed by atoms with Crippen LogP contribution in [0.15, 0.2) is 12.2 Å². The maximum absolute atomic E-state index is 12.2. The van der Waals surface area contributed by atoms with Crippen molar-refractivity contribution >= 4 is 11.9 Å². The van der Waals surface area contributed by atoms with E-state index in [-0.39, 0.29) is 23.1 Å². The minimum absolute atomic E-state index is 0.0985. The number of carbonyl (C=O) groups is 2. The summed E-state index contributed by atoms with van der Waals surface area (Å²) in [5, 5.41) is 0. The predicted molar refractivity (Wildman–Crippen MR) is 175 cm³/mol. The van der Waals surface area contributed by atoms with Gasteiger partial charge in [0.15, 0.2) is 0 Å². The van der Waals surface area contributed by atoms with E-state index >= 15 is 0 Å². The van der Waals surface area contributed by atoms with Crippen LogP contribution in [-0.2, 0) is 28.5 Å². The second kappa shape index (κ2) is 21.3. The number of ether oxygens (including phenoxy) is 4. The van der Waals surface area contributed by atoms with Crippen molar-refractivity contribution < 1.29 is 28.5 Å². The molecule has 0 rings (SSSR count). The smallest absolute Gasteiger partial charge is 0.306 e. The van der Waals surface area contributed by atoms with E-state index < -0.39 is 11.2 Å². The lowest BCUT2D eigenvalue weighted by atomic mass is 10.0. The van der Waals surface area contributed by atoms with Crippen LogP contribution < -0.4 is 0 Å². The second-order valence-corrected chi connectivity index (χ2v) is 15.0. The van der Waals surface area contributed by atoms with Crippen molar-refractivity contribution in [2.24, 2.45) is 0 Å². The summed E-state index contributed by atoms with van der Waals surface area (Å²) in [5.74, 6) is -0.197. The Kier molecular flexibility index (Phi) is 20.6. The number of hydrogen-bond acceptors (Lipinski definition) is 6. The van der Waals surface area contributed by atoms with Crippen LogP contribution in [-0.4, -0.2) is 47.6 Å². The molecule has 6 nitrogen and oxygen atoms in total. The summed E-state index contributed by atoms with van der Waals surface area (Å²) in [4.78, 5) is 24.4. The standard InChI is InChI=1S/C36H68O6/c1-33(2,3)39-29-27-35(7,8)41-31(37)25-23-21-19-17-15-13-11-12-14-16-18-20-22-24-26-32(38)42-36(9,10)28-30-40-34(4,5)6/h11-12H,13-30H2,1-10H3/b12-11+. The van der Waals surface area contributed by atoms with Gasteiger partial charge in [0.25, 0.3) is 0 Å². The lowest BCUT2D eigenvalue weighted by Crippen LogP contribution is -2.31. The highest BCUT2D eigenvalue weighted by atomic mass is 16.6. The lowest BCUT2D eigenvalue weighted by Gasteiger charge is -2.27. The number of esters is 2. The molecular weight excluding hydrogens is 528 g/mol. The third kappa shape index (κ3) is 28.7. The van der Waals surface area contributed by atoms with E-state index in [0.717, 1.165) is 38.5 Å². The molecule has 0 saturated heterocycles. The van der Waals surface area contributed by atoms with Crippen molar-refractivity contribution in [3.63, 3.8) is 0 Å². The molecule has 0 radical (unpaired) electrons. The topological polar surface area (TPSA) is 71.1 Å². The lowest BCUT2D eigenvalue weighted by molar-refractivity contribution is -0.160. The zero-order chi connectivity index (χ0) is 32.1. The first-order chi connectivity index (χ1) is 19.4. The Balaban J connectivity index is 3.62. The molecule has 42 heavy (non-hydrogen) atoms. The Morgan fingerprint density at radius 1 is 0.476 bits per heavy atom. The molecule has 0 spiro atoms. The Morgan fingerprint density at radius 2 is 0.786 bits per heavy atom. The van der Waals surface area contributed by atoms with Gasteiger partial charge in [-0.25, -0.2) is 0 Å². The molecule has 248 valence electrons. The van der Waals surface area contributed by atoms with E-state index in [4.69, 9.17) is 18.9 Å². The van der Waals surface area contributed by atoms with Gasteiger partial charge in [0.1, 0.15) is 11.2 Å². The van der Waals surface area contributed by atoms with Crippen LogP contribution >= 0.6 is 0 Å². The average molecular weight is 597 g/mol. The van der Waals surface area contributed by atoms with Crippen molar-refractivity contribution in [2.45, 2.75) is 194 Å². The maximum Gasteiger partial charge on any atom is 0.306 e. The molecule has 0 heterocycles. The van der Waals surface area contributed by atoms with Gasteiger partial charge in [0.05, 0.1) is 24.4 Å². The average Bonchev–Trinajstić information content (AvgIpc) is 2.81. The van der Waals surface area contributed by atoms with Crippen molar-refractivity contribution in [1.82, 2.24) is 0 Å². The molecule has 0 bridgehead atoms. The van der Waals surface area contributed by atoms with Crippen molar-refractivity contribution in [1.29, 1.82) is 0 Å². The van der Waals surface area contributed by atoms with E-state index in [1.54, 1.807) is 0 Å². The Hall–Kier alpha value is -1.40. The van der Waals surface area contributed by atoms with E-state index in [2.05, 4.69) is 12.2 Å². The third-order valence-electron chi connectivity index (χ3n) is 6.93. The van der Waals surface area contributed by atoms with Crippen molar-refractivity contribution in [2.75, 3.05) is 13.2 Å². The summed E-state index contributed by atoms with van der Waals surface area (Å²) in [6, 6.07) is 0. The third-order valence-corrected chi connectivity index (χ3v) is 6.93. The molecule has 0 aliphatic rings. The highest BCUT2D eigenvalue weighted by Crippen LogP contribution is 2.20. The fourth-order valence-corrected chi connectivity index (χ4v) is 4.39. The van der Waals surface area contributed by atoms with E-state index in [1.807, 2.05) is 69.2 Å². The Morgan fingerprint density at radius 3 is 1.12 bits per heavy atom. The summed E-state index contributed by atoms with van der Waals surface area (Å²) in [5.41, 5.74) is -1.30. The number of carbonyl (C=O) groups excluding carboxylic acids is 2. The molecule has 0 saturated carbocycles. The van der Waals surface area contributed by atoms with E-state index in [9.17, 15) is 9.59 Å². The predicted octanol–water partition coefficient (Wildman–Crippen LogP) is 10.1. The molecule has 0 aromatic heterocycles. The van der Waals surface area contributed by atoms with E-state index in [1.165, 1.54) is 38.5 Å². The number of hydrogen-bond donors (Lipinski definition) is 0. The summed E-state index contributed by atoms with van der Waals surface area (Å²) in [6.45, 7) is 21.2. The molecule has 0 amide bonds. The van der Waals surface area contributed by atoms with Crippen LogP contribution in [0.1, 0.15) is 172 Å². The second-order valence-electron chi connectivity index (χ2n) is 15.0. The van der Waals surface area contributed by atoms with Gasteiger partial charge >= 0.3 is 11.9 Å². The van der Waals surface area contributed by atoms with Gasteiger partial charge in [-0.15, -0.1) is 0 Å². The molecule has 6 heteroatoms. The summed E-state index contributed by atoms with van der Waals surface area (Å²) in [6.07, 6.45) is 20.4. The Bertz CT molecular complexity index is 677. The minimum Gasteiger partial charge on any atom is -0.460 e. The molecule has 0 fully saturated rings. The monoisotopic (exact) mass is 597 g/mol. The molecule has 0 aliphatic carbocycles. The fraction of sp³-hybridized carbons (Fsp3) is 0.889. The number of allylic oxidation sites excluding steroid dienone is 2. The van der Waals surface area contributed by atoms with Gasteiger partial charge in [0, 0.05) is 25.7 Å². The molecule has 0 atom stereocenters. The highest BCUT2D eigenvalue weighted by molar-refractivity contribution is 5.70. The molecule has 0 aromatic carbocycles. The van der Waals surface area contributed by atoms with Crippen molar-refractivity contribution in [3.05, 3.63) is 12.2 Å². The first-order valence-corrected chi connectivity index (χ1v) is 16.8. The van der Waals surface area contributed by atoms with Gasteiger partial charge < -0.3 is 18.9 Å². The molecular formula is C36H68O6. The van der Waals surface area contributed by atoms with Crippen LogP contribution in [0.2, 0.25) is 0 Å². The summed E-state index contributed by atoms with van der Waals surface area (Å²) >= 11 is 0. The quantitative estimate of drug-likeness (QED) is 0.0627. The van der Waals surface area contributed by atoms with Gasteiger partial charge in [-0.3, -0.25) is 9.59 Å². The van der Waals surface area contributed by atoms with Crippen LogP contribution in [0, 0.1) is 0 Å². The molecule has 0 aromatic rings. The number of rotatable bonds is 24. The number of unbranched alkanes of at least 4 members (excludes halogenated alkanes) is 10. The van der Waals surface area contributed by atoms with Gasteiger partial charge in [-0.1, -0.05) is 50.7 Å². The molecule has 0 N–H and O–H groups in total. The first kappa shape index (κ1) is 40.6. The minimum atomic E-state index is -0.482. The fourth-order valence-electron chi connectivity index (χ4n) is 4.39. The summed E-state index contributed by atoms with van der Waals surface area (Å²) in [7, 11) is 0. The molecule has 0 aliphatic heterocycles. The van der Waals surface area contributed by atoms with Gasteiger partial charge in [0.2, 0.25) is 0 Å². The summed E-state index contributed by atoms with van der Waals surface area (Å²) < 4.78 is 22.8.